The summed E-state index contributed by atoms with van der Waals surface area (Å²) in [6.45, 7) is 3.23. The summed E-state index contributed by atoms with van der Waals surface area (Å²) in [7, 11) is 0. The number of nitrogens with one attached hydrogen (secondary N) is 1. The van der Waals surface area contributed by atoms with Gasteiger partial charge in [0, 0.05) is 30.5 Å². The Kier molecular flexibility index (Phi) is 3.44. The van der Waals surface area contributed by atoms with Gasteiger partial charge in [-0.1, -0.05) is 18.2 Å². The van der Waals surface area contributed by atoms with Gasteiger partial charge < -0.3 is 15.5 Å². The number of carbonyl (C=O) groups is 1. The van der Waals surface area contributed by atoms with Crippen molar-refractivity contribution in [1.82, 2.24) is 5.32 Å². The molecule has 0 unspecified atom stereocenters. The van der Waals surface area contributed by atoms with E-state index in [1.54, 1.807) is 0 Å². The number of para-hydroxylation sites is 1. The number of primary amides is 1. The lowest BCUT2D eigenvalue weighted by molar-refractivity contribution is -0.117. The molecule has 0 saturated heterocycles. The topological polar surface area (TPSA) is 68.3 Å². The van der Waals surface area contributed by atoms with Crippen molar-refractivity contribution in [2.75, 3.05) is 6.54 Å². The standard InChI is InChI=1S/C13H16N2O2/c1-9-11(8-15-7-6-13(14)16)10-4-2-3-5-12(10)17-9/h2-5,15H,6-8H2,1H3,(H2,14,16). The van der Waals surface area contributed by atoms with Gasteiger partial charge in [0.1, 0.15) is 11.3 Å². The van der Waals surface area contributed by atoms with Crippen LogP contribution in [0, 0.1) is 6.92 Å². The Labute approximate surface area is 99.8 Å². The summed E-state index contributed by atoms with van der Waals surface area (Å²) in [5.74, 6) is 0.629. The summed E-state index contributed by atoms with van der Waals surface area (Å²) in [6, 6.07) is 7.94. The number of aryl methyl sites for hydroxylation is 1. The molecule has 0 aliphatic carbocycles. The first-order valence-electron chi connectivity index (χ1n) is 5.64. The molecule has 0 aliphatic heterocycles. The highest BCUT2D eigenvalue weighted by Gasteiger charge is 2.09. The fraction of sp³-hybridized carbons (Fsp3) is 0.308. The van der Waals surface area contributed by atoms with Crippen molar-refractivity contribution in [2.45, 2.75) is 19.9 Å². The first-order valence-corrected chi connectivity index (χ1v) is 5.64. The number of benzene rings is 1. The largest absolute Gasteiger partial charge is 0.461 e. The van der Waals surface area contributed by atoms with Crippen molar-refractivity contribution in [3.05, 3.63) is 35.6 Å². The van der Waals surface area contributed by atoms with E-state index >= 15 is 0 Å². The summed E-state index contributed by atoms with van der Waals surface area (Å²) in [5.41, 5.74) is 7.12. The molecule has 2 aromatic rings. The van der Waals surface area contributed by atoms with E-state index in [1.807, 2.05) is 31.2 Å². The van der Waals surface area contributed by atoms with Crippen LogP contribution in [-0.4, -0.2) is 12.5 Å². The lowest BCUT2D eigenvalue weighted by Crippen LogP contribution is -2.21. The van der Waals surface area contributed by atoms with Crippen molar-refractivity contribution in [1.29, 1.82) is 0 Å². The lowest BCUT2D eigenvalue weighted by atomic mass is 10.1. The Morgan fingerprint density at radius 1 is 1.41 bits per heavy atom. The monoisotopic (exact) mass is 232 g/mol. The van der Waals surface area contributed by atoms with Crippen molar-refractivity contribution in [3.63, 3.8) is 0 Å². The van der Waals surface area contributed by atoms with Gasteiger partial charge in [0.25, 0.3) is 0 Å². The van der Waals surface area contributed by atoms with Crippen LogP contribution < -0.4 is 11.1 Å². The minimum Gasteiger partial charge on any atom is -0.461 e. The first-order chi connectivity index (χ1) is 8.18. The summed E-state index contributed by atoms with van der Waals surface area (Å²) < 4.78 is 5.65. The number of hydrogen-bond acceptors (Lipinski definition) is 3. The molecule has 0 spiro atoms. The zero-order valence-electron chi connectivity index (χ0n) is 9.82. The van der Waals surface area contributed by atoms with Crippen LogP contribution in [0.3, 0.4) is 0 Å². The molecule has 1 heterocycles. The molecule has 2 rings (SSSR count). The van der Waals surface area contributed by atoms with Gasteiger partial charge in [0.15, 0.2) is 0 Å². The maximum Gasteiger partial charge on any atom is 0.218 e. The van der Waals surface area contributed by atoms with Crippen LogP contribution in [0.15, 0.2) is 28.7 Å². The third kappa shape index (κ3) is 2.65. The molecule has 17 heavy (non-hydrogen) atoms. The molecule has 0 aliphatic rings. The minimum atomic E-state index is -0.286. The van der Waals surface area contributed by atoms with Crippen LogP contribution in [0.2, 0.25) is 0 Å². The van der Waals surface area contributed by atoms with E-state index in [0.29, 0.717) is 19.5 Å². The van der Waals surface area contributed by atoms with E-state index < -0.39 is 0 Å². The van der Waals surface area contributed by atoms with Gasteiger partial charge in [-0.3, -0.25) is 4.79 Å². The van der Waals surface area contributed by atoms with Crippen LogP contribution in [-0.2, 0) is 11.3 Å². The second kappa shape index (κ2) is 5.01. The van der Waals surface area contributed by atoms with E-state index in [1.165, 1.54) is 0 Å². The maximum absolute atomic E-state index is 10.6. The maximum atomic E-state index is 10.6. The highest BCUT2D eigenvalue weighted by molar-refractivity contribution is 5.82. The number of amides is 1. The summed E-state index contributed by atoms with van der Waals surface area (Å²) in [5, 5.41) is 4.31. The predicted octanol–water partition coefficient (Wildman–Crippen LogP) is 1.71. The van der Waals surface area contributed by atoms with E-state index in [0.717, 1.165) is 22.3 Å². The van der Waals surface area contributed by atoms with Gasteiger partial charge in [0.2, 0.25) is 5.91 Å². The molecule has 3 N–H and O–H groups in total. The van der Waals surface area contributed by atoms with Crippen molar-refractivity contribution in [3.8, 4) is 0 Å². The molecule has 4 heteroatoms. The predicted molar refractivity (Wildman–Crippen MR) is 66.5 cm³/mol. The van der Waals surface area contributed by atoms with Crippen LogP contribution in [0.1, 0.15) is 17.7 Å². The molecule has 1 aromatic carbocycles. The van der Waals surface area contributed by atoms with Gasteiger partial charge >= 0.3 is 0 Å². The molecule has 1 amide bonds. The van der Waals surface area contributed by atoms with Gasteiger partial charge in [0.05, 0.1) is 0 Å². The molecule has 4 nitrogen and oxygen atoms in total. The fourth-order valence-corrected chi connectivity index (χ4v) is 1.87. The Morgan fingerprint density at radius 2 is 2.18 bits per heavy atom. The zero-order chi connectivity index (χ0) is 12.3. The molecule has 0 fully saturated rings. The van der Waals surface area contributed by atoms with Crippen LogP contribution in [0.4, 0.5) is 0 Å². The van der Waals surface area contributed by atoms with E-state index in [4.69, 9.17) is 10.2 Å². The average Bonchev–Trinajstić information content (AvgIpc) is 2.60. The number of hydrogen-bond donors (Lipinski definition) is 2. The van der Waals surface area contributed by atoms with E-state index in [2.05, 4.69) is 5.32 Å². The first kappa shape index (κ1) is 11.7. The minimum absolute atomic E-state index is 0.286. The van der Waals surface area contributed by atoms with E-state index in [-0.39, 0.29) is 5.91 Å². The zero-order valence-corrected chi connectivity index (χ0v) is 9.82. The Morgan fingerprint density at radius 3 is 2.94 bits per heavy atom. The highest BCUT2D eigenvalue weighted by atomic mass is 16.3. The molecule has 0 bridgehead atoms. The van der Waals surface area contributed by atoms with Crippen LogP contribution in [0.25, 0.3) is 11.0 Å². The number of nitrogens with two attached hydrogens (primary N) is 1. The molecule has 1 aromatic heterocycles. The third-order valence-corrected chi connectivity index (χ3v) is 2.75. The number of fused-ring (bicyclic) bond motifs is 1. The van der Waals surface area contributed by atoms with Gasteiger partial charge in [-0.05, 0) is 13.0 Å². The fourth-order valence-electron chi connectivity index (χ4n) is 1.87. The van der Waals surface area contributed by atoms with Crippen molar-refractivity contribution >= 4 is 16.9 Å². The summed E-state index contributed by atoms with van der Waals surface area (Å²) in [6.07, 6.45) is 0.356. The summed E-state index contributed by atoms with van der Waals surface area (Å²) in [4.78, 5) is 10.6. The quantitative estimate of drug-likeness (QED) is 0.771. The Bertz CT molecular complexity index is 531. The van der Waals surface area contributed by atoms with Crippen molar-refractivity contribution < 1.29 is 9.21 Å². The van der Waals surface area contributed by atoms with Gasteiger partial charge in [-0.2, -0.15) is 0 Å². The second-order valence-corrected chi connectivity index (χ2v) is 4.03. The van der Waals surface area contributed by atoms with Gasteiger partial charge in [-0.25, -0.2) is 0 Å². The van der Waals surface area contributed by atoms with Crippen LogP contribution in [0.5, 0.6) is 0 Å². The van der Waals surface area contributed by atoms with Crippen molar-refractivity contribution in [2.24, 2.45) is 5.73 Å². The second-order valence-electron chi connectivity index (χ2n) is 4.03. The SMILES string of the molecule is Cc1oc2ccccc2c1CNCCC(N)=O. The molecule has 90 valence electrons. The number of rotatable bonds is 5. The molecule has 0 radical (unpaired) electrons. The Hall–Kier alpha value is -1.81. The summed E-state index contributed by atoms with van der Waals surface area (Å²) >= 11 is 0. The molecule has 0 atom stereocenters. The number of furan rings is 1. The molecule has 0 saturated carbocycles. The van der Waals surface area contributed by atoms with Crippen LogP contribution >= 0.6 is 0 Å². The smallest absolute Gasteiger partial charge is 0.218 e. The number of carbonyl (C=O) groups excluding carboxylic acids is 1. The lowest BCUT2D eigenvalue weighted by Gasteiger charge is -2.02. The molecular formula is C13H16N2O2. The van der Waals surface area contributed by atoms with E-state index in [9.17, 15) is 4.79 Å². The highest BCUT2D eigenvalue weighted by Crippen LogP contribution is 2.24. The van der Waals surface area contributed by atoms with Gasteiger partial charge in [-0.15, -0.1) is 0 Å². The normalized spacial score (nSPS) is 10.9. The average molecular weight is 232 g/mol. The Balaban J connectivity index is 2.07. The molecular weight excluding hydrogens is 216 g/mol. The third-order valence-electron chi connectivity index (χ3n) is 2.75.